The van der Waals surface area contributed by atoms with Gasteiger partial charge in [0.05, 0.1) is 6.54 Å². The van der Waals surface area contributed by atoms with E-state index in [-0.39, 0.29) is 12.5 Å². The predicted molar refractivity (Wildman–Crippen MR) is 84.3 cm³/mol. The number of carbonyl (C=O) groups is 2. The summed E-state index contributed by atoms with van der Waals surface area (Å²) < 4.78 is 0. The van der Waals surface area contributed by atoms with E-state index in [2.05, 4.69) is 5.32 Å². The van der Waals surface area contributed by atoms with Crippen molar-refractivity contribution in [2.75, 3.05) is 6.54 Å². The summed E-state index contributed by atoms with van der Waals surface area (Å²) in [6.07, 6.45) is 3.38. The fourth-order valence-corrected chi connectivity index (χ4v) is 2.50. The Morgan fingerprint density at radius 1 is 1.32 bits per heavy atom. The van der Waals surface area contributed by atoms with Crippen molar-refractivity contribution < 1.29 is 14.7 Å². The Labute approximate surface area is 131 Å². The molecule has 120 valence electrons. The maximum absolute atomic E-state index is 12.4. The molecule has 1 aliphatic carbocycles. The van der Waals surface area contributed by atoms with Crippen LogP contribution in [0.2, 0.25) is 0 Å². The standard InChI is InChI=1S/C17H24N2O3/c1-2-6-15(17(21)22)18-11-16(20)19(14-9-10-14)12-13-7-4-3-5-8-13/h3-5,7-8,14-15,18H,2,6,9-12H2,1H3,(H,21,22). The molecule has 0 aromatic heterocycles. The van der Waals surface area contributed by atoms with Gasteiger partial charge in [0.2, 0.25) is 5.91 Å². The molecule has 5 heteroatoms. The van der Waals surface area contributed by atoms with E-state index in [1.54, 1.807) is 0 Å². The summed E-state index contributed by atoms with van der Waals surface area (Å²) >= 11 is 0. The molecule has 2 N–H and O–H groups in total. The molecule has 0 radical (unpaired) electrons. The van der Waals surface area contributed by atoms with Crippen molar-refractivity contribution in [3.05, 3.63) is 35.9 Å². The Bertz CT molecular complexity index is 500. The first-order chi connectivity index (χ1) is 10.6. The highest BCUT2D eigenvalue weighted by molar-refractivity contribution is 5.80. The average molecular weight is 304 g/mol. The van der Waals surface area contributed by atoms with Crippen LogP contribution in [0.3, 0.4) is 0 Å². The van der Waals surface area contributed by atoms with Gasteiger partial charge in [0, 0.05) is 12.6 Å². The number of nitrogens with one attached hydrogen (secondary N) is 1. The number of aliphatic carboxylic acids is 1. The molecule has 1 fully saturated rings. The summed E-state index contributed by atoms with van der Waals surface area (Å²) in [4.78, 5) is 25.4. The number of hydrogen-bond donors (Lipinski definition) is 2. The summed E-state index contributed by atoms with van der Waals surface area (Å²) in [5.41, 5.74) is 1.10. The molecular weight excluding hydrogens is 280 g/mol. The van der Waals surface area contributed by atoms with Crippen LogP contribution in [0.5, 0.6) is 0 Å². The molecule has 1 aromatic rings. The minimum atomic E-state index is -0.893. The molecular formula is C17H24N2O3. The van der Waals surface area contributed by atoms with Gasteiger partial charge >= 0.3 is 5.97 Å². The Kier molecular flexibility index (Phi) is 5.95. The van der Waals surface area contributed by atoms with Gasteiger partial charge in [-0.05, 0) is 24.8 Å². The maximum Gasteiger partial charge on any atom is 0.320 e. The Hall–Kier alpha value is -1.88. The molecule has 1 unspecified atom stereocenters. The Balaban J connectivity index is 1.91. The maximum atomic E-state index is 12.4. The smallest absolute Gasteiger partial charge is 0.320 e. The van der Waals surface area contributed by atoms with E-state index >= 15 is 0 Å². The third kappa shape index (κ3) is 4.84. The number of benzene rings is 1. The average Bonchev–Trinajstić information content (AvgIpc) is 3.34. The van der Waals surface area contributed by atoms with Crippen LogP contribution in [0.1, 0.15) is 38.2 Å². The van der Waals surface area contributed by atoms with Crippen LogP contribution >= 0.6 is 0 Å². The van der Waals surface area contributed by atoms with E-state index in [1.165, 1.54) is 0 Å². The van der Waals surface area contributed by atoms with Crippen molar-refractivity contribution >= 4 is 11.9 Å². The largest absolute Gasteiger partial charge is 0.480 e. The summed E-state index contributed by atoms with van der Waals surface area (Å²) in [5, 5.41) is 12.0. The fraction of sp³-hybridized carbons (Fsp3) is 0.529. The van der Waals surface area contributed by atoms with Crippen molar-refractivity contribution in [1.82, 2.24) is 10.2 Å². The molecule has 0 saturated heterocycles. The zero-order valence-corrected chi connectivity index (χ0v) is 13.0. The lowest BCUT2D eigenvalue weighted by molar-refractivity contribution is -0.140. The van der Waals surface area contributed by atoms with Crippen LogP contribution in [0.25, 0.3) is 0 Å². The first-order valence-electron chi connectivity index (χ1n) is 7.91. The molecule has 0 bridgehead atoms. The zero-order chi connectivity index (χ0) is 15.9. The van der Waals surface area contributed by atoms with E-state index in [0.29, 0.717) is 19.0 Å². The lowest BCUT2D eigenvalue weighted by Gasteiger charge is -2.24. The van der Waals surface area contributed by atoms with Gasteiger partial charge in [0.25, 0.3) is 0 Å². The minimum Gasteiger partial charge on any atom is -0.480 e. The summed E-state index contributed by atoms with van der Waals surface area (Å²) in [6.45, 7) is 2.61. The molecule has 5 nitrogen and oxygen atoms in total. The normalized spacial score (nSPS) is 15.3. The highest BCUT2D eigenvalue weighted by Crippen LogP contribution is 2.28. The number of rotatable bonds is 9. The SMILES string of the molecule is CCCC(NCC(=O)N(Cc1ccccc1)C1CC1)C(=O)O. The van der Waals surface area contributed by atoms with Gasteiger partial charge in [-0.3, -0.25) is 14.9 Å². The van der Waals surface area contributed by atoms with Gasteiger partial charge in [-0.1, -0.05) is 43.7 Å². The second-order valence-corrected chi connectivity index (χ2v) is 5.80. The third-order valence-corrected chi connectivity index (χ3v) is 3.88. The van der Waals surface area contributed by atoms with E-state index in [9.17, 15) is 9.59 Å². The molecule has 0 aliphatic heterocycles. The monoisotopic (exact) mass is 304 g/mol. The van der Waals surface area contributed by atoms with Crippen LogP contribution in [-0.2, 0) is 16.1 Å². The molecule has 1 aromatic carbocycles. The van der Waals surface area contributed by atoms with Crippen molar-refractivity contribution in [2.24, 2.45) is 0 Å². The van der Waals surface area contributed by atoms with Crippen molar-refractivity contribution in [3.8, 4) is 0 Å². The second kappa shape index (κ2) is 7.94. The van der Waals surface area contributed by atoms with Crippen LogP contribution in [0, 0.1) is 0 Å². The minimum absolute atomic E-state index is 0.0197. The fourth-order valence-electron chi connectivity index (χ4n) is 2.50. The van der Waals surface area contributed by atoms with Crippen molar-refractivity contribution in [2.45, 2.75) is 51.2 Å². The third-order valence-electron chi connectivity index (χ3n) is 3.88. The molecule has 1 amide bonds. The molecule has 1 saturated carbocycles. The van der Waals surface area contributed by atoms with Crippen LogP contribution in [0.4, 0.5) is 0 Å². The van der Waals surface area contributed by atoms with E-state index in [0.717, 1.165) is 24.8 Å². The highest BCUT2D eigenvalue weighted by Gasteiger charge is 2.32. The van der Waals surface area contributed by atoms with Gasteiger partial charge in [-0.15, -0.1) is 0 Å². The van der Waals surface area contributed by atoms with Crippen molar-refractivity contribution in [3.63, 3.8) is 0 Å². The van der Waals surface area contributed by atoms with E-state index in [4.69, 9.17) is 5.11 Å². The number of carboxylic acids is 1. The number of hydrogen-bond acceptors (Lipinski definition) is 3. The van der Waals surface area contributed by atoms with E-state index < -0.39 is 12.0 Å². The Morgan fingerprint density at radius 3 is 2.55 bits per heavy atom. The van der Waals surface area contributed by atoms with Gasteiger partial charge in [0.1, 0.15) is 6.04 Å². The topological polar surface area (TPSA) is 69.6 Å². The Morgan fingerprint density at radius 2 is 2.00 bits per heavy atom. The number of amides is 1. The van der Waals surface area contributed by atoms with Crippen LogP contribution < -0.4 is 5.32 Å². The van der Waals surface area contributed by atoms with Gasteiger partial charge in [0.15, 0.2) is 0 Å². The van der Waals surface area contributed by atoms with Crippen molar-refractivity contribution in [1.29, 1.82) is 0 Å². The molecule has 1 atom stereocenters. The molecule has 1 aliphatic rings. The van der Waals surface area contributed by atoms with Gasteiger partial charge in [-0.2, -0.15) is 0 Å². The summed E-state index contributed by atoms with van der Waals surface area (Å²) in [7, 11) is 0. The molecule has 22 heavy (non-hydrogen) atoms. The highest BCUT2D eigenvalue weighted by atomic mass is 16.4. The lowest BCUT2D eigenvalue weighted by atomic mass is 10.1. The summed E-state index contributed by atoms with van der Waals surface area (Å²) in [5.74, 6) is -0.913. The predicted octanol–water partition coefficient (Wildman–Crippen LogP) is 2.02. The number of nitrogens with zero attached hydrogens (tertiary/aromatic N) is 1. The molecule has 0 heterocycles. The zero-order valence-electron chi connectivity index (χ0n) is 13.0. The first kappa shape index (κ1) is 16.5. The number of carbonyl (C=O) groups excluding carboxylic acids is 1. The molecule has 0 spiro atoms. The van der Waals surface area contributed by atoms with E-state index in [1.807, 2.05) is 42.2 Å². The van der Waals surface area contributed by atoms with Gasteiger partial charge < -0.3 is 10.0 Å². The summed E-state index contributed by atoms with van der Waals surface area (Å²) in [6, 6.07) is 9.56. The van der Waals surface area contributed by atoms with Gasteiger partial charge in [-0.25, -0.2) is 0 Å². The number of carboxylic acid groups (broad SMARTS) is 1. The first-order valence-corrected chi connectivity index (χ1v) is 7.91. The van der Waals surface area contributed by atoms with Crippen LogP contribution in [-0.4, -0.2) is 40.5 Å². The molecule has 2 rings (SSSR count). The quantitative estimate of drug-likeness (QED) is 0.732. The van der Waals surface area contributed by atoms with Crippen LogP contribution in [0.15, 0.2) is 30.3 Å². The lowest BCUT2D eigenvalue weighted by Crippen LogP contribution is -2.45. The second-order valence-electron chi connectivity index (χ2n) is 5.80.